The van der Waals surface area contributed by atoms with Gasteiger partial charge in [-0.05, 0) is 36.2 Å². The van der Waals surface area contributed by atoms with Gasteiger partial charge in [0, 0.05) is 34.8 Å². The van der Waals surface area contributed by atoms with Gasteiger partial charge in [-0.15, -0.1) is 0 Å². The van der Waals surface area contributed by atoms with E-state index in [2.05, 4.69) is 11.4 Å². The summed E-state index contributed by atoms with van der Waals surface area (Å²) in [7, 11) is 0. The van der Waals surface area contributed by atoms with Gasteiger partial charge in [-0.25, -0.2) is 4.79 Å². The minimum absolute atomic E-state index is 0.126. The summed E-state index contributed by atoms with van der Waals surface area (Å²) < 4.78 is 0. The van der Waals surface area contributed by atoms with Crippen LogP contribution in [0.3, 0.4) is 0 Å². The van der Waals surface area contributed by atoms with Crippen LogP contribution in [0.4, 0.5) is 10.5 Å². The number of anilines is 1. The number of carbonyl (C=O) groups is 1. The fraction of sp³-hybridized carbons (Fsp3) is 0.278. The van der Waals surface area contributed by atoms with Crippen molar-refractivity contribution >= 4 is 58.3 Å². The molecule has 2 amide bonds. The third-order valence-electron chi connectivity index (χ3n) is 4.05. The van der Waals surface area contributed by atoms with Gasteiger partial charge in [-0.3, -0.25) is 0 Å². The van der Waals surface area contributed by atoms with E-state index >= 15 is 0 Å². The number of thioether (sulfide) groups is 1. The third-order valence-corrected chi connectivity index (χ3v) is 6.45. The quantitative estimate of drug-likeness (QED) is 0.619. The summed E-state index contributed by atoms with van der Waals surface area (Å²) in [6, 6.07) is 12.9. The van der Waals surface area contributed by atoms with E-state index in [0.29, 0.717) is 34.1 Å². The Hall–Kier alpha value is -1.07. The van der Waals surface area contributed by atoms with Crippen molar-refractivity contribution in [2.24, 2.45) is 0 Å². The van der Waals surface area contributed by atoms with Crippen LogP contribution in [0.15, 0.2) is 42.5 Å². The Balaban J connectivity index is 1.63. The van der Waals surface area contributed by atoms with Crippen molar-refractivity contribution in [3.8, 4) is 0 Å². The molecule has 1 N–H and O–H groups in total. The van der Waals surface area contributed by atoms with E-state index in [0.717, 1.165) is 22.8 Å². The molecule has 1 heterocycles. The normalized spacial score (nSPS) is 17.9. The highest BCUT2D eigenvalue weighted by Gasteiger charge is 2.23. The second-order valence-electron chi connectivity index (χ2n) is 5.72. The van der Waals surface area contributed by atoms with Gasteiger partial charge < -0.3 is 10.2 Å². The highest BCUT2D eigenvalue weighted by Crippen LogP contribution is 2.37. The smallest absolute Gasteiger partial charge is 0.321 e. The van der Waals surface area contributed by atoms with Crippen LogP contribution in [-0.4, -0.2) is 29.8 Å². The Morgan fingerprint density at radius 2 is 1.84 bits per heavy atom. The predicted molar refractivity (Wildman–Crippen MR) is 108 cm³/mol. The number of amides is 2. The summed E-state index contributed by atoms with van der Waals surface area (Å²) in [4.78, 5) is 14.4. The Labute approximate surface area is 166 Å². The van der Waals surface area contributed by atoms with Crippen LogP contribution in [0.1, 0.15) is 17.2 Å². The van der Waals surface area contributed by atoms with Crippen molar-refractivity contribution < 1.29 is 4.79 Å². The molecule has 1 atom stereocenters. The Morgan fingerprint density at radius 3 is 2.60 bits per heavy atom. The Kier molecular flexibility index (Phi) is 6.39. The molecule has 1 aliphatic rings. The van der Waals surface area contributed by atoms with Crippen LogP contribution in [-0.2, 0) is 0 Å². The van der Waals surface area contributed by atoms with E-state index in [1.807, 2.05) is 34.9 Å². The molecule has 1 unspecified atom stereocenters. The number of carbonyl (C=O) groups excluding carboxylic acids is 1. The first-order valence-electron chi connectivity index (χ1n) is 7.91. The van der Waals surface area contributed by atoms with Crippen molar-refractivity contribution in [2.45, 2.75) is 11.7 Å². The molecule has 0 saturated carbocycles. The van der Waals surface area contributed by atoms with Crippen molar-refractivity contribution in [1.29, 1.82) is 0 Å². The Morgan fingerprint density at radius 1 is 1.04 bits per heavy atom. The minimum atomic E-state index is -0.126. The first-order valence-corrected chi connectivity index (χ1v) is 10.1. The molecular formula is C18H17Cl3N2OS. The maximum Gasteiger partial charge on any atom is 0.321 e. The van der Waals surface area contributed by atoms with Gasteiger partial charge in [0.2, 0.25) is 0 Å². The van der Waals surface area contributed by atoms with E-state index in [1.165, 1.54) is 0 Å². The van der Waals surface area contributed by atoms with Gasteiger partial charge in [0.25, 0.3) is 0 Å². The van der Waals surface area contributed by atoms with Crippen molar-refractivity contribution in [1.82, 2.24) is 4.90 Å². The number of nitrogens with zero attached hydrogens (tertiary/aromatic N) is 1. The largest absolute Gasteiger partial charge is 0.324 e. The monoisotopic (exact) mass is 414 g/mol. The molecule has 25 heavy (non-hydrogen) atoms. The molecule has 0 spiro atoms. The molecule has 1 saturated heterocycles. The lowest BCUT2D eigenvalue weighted by Crippen LogP contribution is -2.36. The summed E-state index contributed by atoms with van der Waals surface area (Å²) >= 11 is 20.1. The SMILES string of the molecule is O=C(Nc1ccc(Cl)c(Cl)c1)N1CCSC(c2ccccc2Cl)CC1. The highest BCUT2D eigenvalue weighted by atomic mass is 35.5. The van der Waals surface area contributed by atoms with Gasteiger partial charge in [0.15, 0.2) is 0 Å². The molecule has 2 aromatic carbocycles. The number of urea groups is 1. The molecule has 7 heteroatoms. The van der Waals surface area contributed by atoms with Crippen LogP contribution >= 0.6 is 46.6 Å². The maximum absolute atomic E-state index is 12.5. The van der Waals surface area contributed by atoms with Gasteiger partial charge in [0.1, 0.15) is 0 Å². The number of benzene rings is 2. The molecule has 0 aromatic heterocycles. The minimum Gasteiger partial charge on any atom is -0.324 e. The van der Waals surface area contributed by atoms with Gasteiger partial charge >= 0.3 is 6.03 Å². The van der Waals surface area contributed by atoms with Gasteiger partial charge in [-0.2, -0.15) is 11.8 Å². The summed E-state index contributed by atoms with van der Waals surface area (Å²) in [5.74, 6) is 0.866. The third kappa shape index (κ3) is 4.76. The van der Waals surface area contributed by atoms with Gasteiger partial charge in [-0.1, -0.05) is 53.0 Å². The first-order chi connectivity index (χ1) is 12.0. The maximum atomic E-state index is 12.5. The highest BCUT2D eigenvalue weighted by molar-refractivity contribution is 7.99. The lowest BCUT2D eigenvalue weighted by atomic mass is 10.1. The number of hydrogen-bond acceptors (Lipinski definition) is 2. The van der Waals surface area contributed by atoms with Gasteiger partial charge in [0.05, 0.1) is 10.0 Å². The van der Waals surface area contributed by atoms with E-state index in [4.69, 9.17) is 34.8 Å². The molecule has 3 nitrogen and oxygen atoms in total. The molecule has 2 aromatic rings. The zero-order valence-corrected chi connectivity index (χ0v) is 16.4. The summed E-state index contributed by atoms with van der Waals surface area (Å²) in [6.45, 7) is 1.37. The Bertz CT molecular complexity index is 772. The summed E-state index contributed by atoms with van der Waals surface area (Å²) in [6.07, 6.45) is 0.864. The fourth-order valence-corrected chi connectivity index (χ4v) is 4.63. The van der Waals surface area contributed by atoms with Crippen LogP contribution < -0.4 is 5.32 Å². The number of hydrogen-bond donors (Lipinski definition) is 1. The first kappa shape index (κ1) is 18.7. The number of rotatable bonds is 2. The molecular weight excluding hydrogens is 399 g/mol. The average molecular weight is 416 g/mol. The lowest BCUT2D eigenvalue weighted by Gasteiger charge is -2.21. The van der Waals surface area contributed by atoms with Crippen LogP contribution in [0, 0.1) is 0 Å². The van der Waals surface area contributed by atoms with Crippen molar-refractivity contribution in [2.75, 3.05) is 24.2 Å². The molecule has 0 radical (unpaired) electrons. The zero-order valence-electron chi connectivity index (χ0n) is 13.3. The molecule has 1 fully saturated rings. The van der Waals surface area contributed by atoms with Crippen LogP contribution in [0.25, 0.3) is 0 Å². The summed E-state index contributed by atoms with van der Waals surface area (Å²) in [5, 5.41) is 4.86. The van der Waals surface area contributed by atoms with E-state index in [1.54, 1.807) is 18.2 Å². The van der Waals surface area contributed by atoms with Crippen LogP contribution in [0.5, 0.6) is 0 Å². The zero-order chi connectivity index (χ0) is 17.8. The van der Waals surface area contributed by atoms with Crippen LogP contribution in [0.2, 0.25) is 15.1 Å². The number of nitrogens with one attached hydrogen (secondary N) is 1. The molecule has 132 valence electrons. The molecule has 0 aliphatic carbocycles. The number of halogens is 3. The second-order valence-corrected chi connectivity index (χ2v) is 8.25. The standard InChI is InChI=1S/C18H17Cl3N2OS/c19-14-4-2-1-3-13(14)17-7-8-23(9-10-25-17)18(24)22-12-5-6-15(20)16(21)11-12/h1-6,11,17H,7-10H2,(H,22,24). The molecule has 0 bridgehead atoms. The summed E-state index contributed by atoms with van der Waals surface area (Å²) in [5.41, 5.74) is 1.78. The molecule has 1 aliphatic heterocycles. The average Bonchev–Trinajstić information content (AvgIpc) is 2.85. The second kappa shape index (κ2) is 8.54. The topological polar surface area (TPSA) is 32.3 Å². The lowest BCUT2D eigenvalue weighted by molar-refractivity contribution is 0.215. The van der Waals surface area contributed by atoms with Crippen molar-refractivity contribution in [3.05, 3.63) is 63.1 Å². The molecule has 3 rings (SSSR count). The fourth-order valence-electron chi connectivity index (χ4n) is 2.73. The predicted octanol–water partition coefficient (Wildman–Crippen LogP) is 6.36. The van der Waals surface area contributed by atoms with E-state index < -0.39 is 0 Å². The van der Waals surface area contributed by atoms with Crippen molar-refractivity contribution in [3.63, 3.8) is 0 Å². The van der Waals surface area contributed by atoms with E-state index in [9.17, 15) is 4.79 Å². The van der Waals surface area contributed by atoms with E-state index in [-0.39, 0.29) is 6.03 Å².